The van der Waals surface area contributed by atoms with Crippen molar-refractivity contribution in [1.82, 2.24) is 4.90 Å². The second kappa shape index (κ2) is 11.2. The molecule has 0 unspecified atom stereocenters. The van der Waals surface area contributed by atoms with Gasteiger partial charge in [0.2, 0.25) is 5.91 Å². The first-order chi connectivity index (χ1) is 14.2. The van der Waals surface area contributed by atoms with Gasteiger partial charge in [0.1, 0.15) is 4.32 Å². The number of hydrogen-bond donors (Lipinski definition) is 1. The lowest BCUT2D eigenvalue weighted by Gasteiger charge is -2.44. The Morgan fingerprint density at radius 2 is 1.87 bits per heavy atom. The second-order valence-corrected chi connectivity index (χ2v) is 15.0. The molecule has 0 saturated carbocycles. The second-order valence-electron chi connectivity index (χ2n) is 8.69. The lowest BCUT2D eigenvalue weighted by Crippen LogP contribution is -2.57. The molecule has 168 valence electrons. The lowest BCUT2D eigenvalue weighted by atomic mass is 9.98. The molecule has 0 aromatic heterocycles. The maximum absolute atomic E-state index is 13.1. The first-order valence-corrected chi connectivity index (χ1v) is 15.0. The van der Waals surface area contributed by atoms with Crippen molar-refractivity contribution in [3.05, 3.63) is 35.9 Å². The van der Waals surface area contributed by atoms with E-state index < -0.39 is 20.0 Å². The van der Waals surface area contributed by atoms with Crippen LogP contribution in [0.3, 0.4) is 0 Å². The van der Waals surface area contributed by atoms with E-state index in [4.69, 9.17) is 16.6 Å². The van der Waals surface area contributed by atoms with Crippen LogP contribution in [0.2, 0.25) is 18.1 Å². The predicted octanol–water partition coefficient (Wildman–Crippen LogP) is 5.40. The van der Waals surface area contributed by atoms with Gasteiger partial charge in [-0.25, -0.2) is 0 Å². The van der Waals surface area contributed by atoms with E-state index in [0.717, 1.165) is 30.3 Å². The highest BCUT2D eigenvalue weighted by Gasteiger charge is 2.47. The van der Waals surface area contributed by atoms with Crippen LogP contribution < -0.4 is 0 Å². The fourth-order valence-electron chi connectivity index (χ4n) is 4.18. The lowest BCUT2D eigenvalue weighted by molar-refractivity contribution is -0.133. The number of nitrogens with zero attached hydrogens (tertiary/aromatic N) is 1. The highest BCUT2D eigenvalue weighted by atomic mass is 32.2. The summed E-state index contributed by atoms with van der Waals surface area (Å²) in [5, 5.41) is 10.5. The summed E-state index contributed by atoms with van der Waals surface area (Å²) in [5.41, 5.74) is 0.704. The highest BCUT2D eigenvalue weighted by molar-refractivity contribution is 8.23. The number of rotatable bonds is 11. The molecular weight excluding hydrogens is 430 g/mol. The molecule has 1 aliphatic heterocycles. The molecule has 0 aliphatic carbocycles. The zero-order valence-corrected chi connectivity index (χ0v) is 21.7. The number of carbonyl (C=O) groups excluding carboxylic acids is 1. The molecule has 1 N–H and O–H groups in total. The average Bonchev–Trinajstić information content (AvgIpc) is 3.14. The summed E-state index contributed by atoms with van der Waals surface area (Å²) in [5.74, 6) is 0.656. The van der Waals surface area contributed by atoms with Crippen LogP contribution in [-0.4, -0.2) is 52.1 Å². The molecule has 0 bridgehead atoms. The van der Waals surface area contributed by atoms with Crippen LogP contribution in [0, 0.1) is 0 Å². The van der Waals surface area contributed by atoms with Gasteiger partial charge in [0.15, 0.2) is 8.32 Å². The van der Waals surface area contributed by atoms with Crippen LogP contribution in [0.4, 0.5) is 0 Å². The average molecular weight is 468 g/mol. The molecule has 2 atom stereocenters. The van der Waals surface area contributed by atoms with Crippen molar-refractivity contribution in [3.8, 4) is 0 Å². The Bertz CT molecular complexity index is 701. The fourth-order valence-corrected chi connectivity index (χ4v) is 9.02. The van der Waals surface area contributed by atoms with Gasteiger partial charge in [0.05, 0.1) is 24.2 Å². The minimum atomic E-state index is -1.83. The molecule has 1 amide bonds. The number of amides is 1. The van der Waals surface area contributed by atoms with Crippen molar-refractivity contribution < 1.29 is 14.3 Å². The van der Waals surface area contributed by atoms with E-state index in [1.165, 1.54) is 5.56 Å². The third-order valence-electron chi connectivity index (χ3n) is 6.38. The van der Waals surface area contributed by atoms with Crippen LogP contribution in [0.5, 0.6) is 0 Å². The zero-order chi connectivity index (χ0) is 22.4. The van der Waals surface area contributed by atoms with Gasteiger partial charge in [-0.2, -0.15) is 0 Å². The number of thiocarbonyl (C=S) groups is 1. The van der Waals surface area contributed by atoms with Crippen LogP contribution in [0.25, 0.3) is 0 Å². The van der Waals surface area contributed by atoms with Crippen molar-refractivity contribution >= 4 is 42.5 Å². The standard InChI is InChI=1S/C23H37NO3S2Si/c1-6-30(7-2,8-3)27-23(4,5)20-17-29-22(28)24(20)21(26)16-19(25)15-14-18-12-10-9-11-13-18/h9-13,19-20,25H,6-8,14-17H2,1-5H3/t19-,20-/m0/s1. The molecule has 1 saturated heterocycles. The van der Waals surface area contributed by atoms with E-state index in [-0.39, 0.29) is 18.4 Å². The molecule has 2 rings (SSSR count). The topological polar surface area (TPSA) is 49.8 Å². The van der Waals surface area contributed by atoms with Gasteiger partial charge in [-0.05, 0) is 50.4 Å². The Labute approximate surface area is 192 Å². The molecule has 1 aromatic rings. The minimum Gasteiger partial charge on any atom is -0.410 e. The molecule has 0 radical (unpaired) electrons. The first kappa shape index (κ1) is 25.5. The van der Waals surface area contributed by atoms with Gasteiger partial charge in [-0.1, -0.05) is 75.1 Å². The van der Waals surface area contributed by atoms with Crippen LogP contribution in [0.1, 0.15) is 53.0 Å². The van der Waals surface area contributed by atoms with Gasteiger partial charge in [-0.15, -0.1) is 0 Å². The summed E-state index contributed by atoms with van der Waals surface area (Å²) >= 11 is 7.07. The minimum absolute atomic E-state index is 0.0935. The number of hydrogen-bond acceptors (Lipinski definition) is 5. The molecule has 4 nitrogen and oxygen atoms in total. The van der Waals surface area contributed by atoms with E-state index in [2.05, 4.69) is 34.6 Å². The van der Waals surface area contributed by atoms with Crippen molar-refractivity contribution in [3.63, 3.8) is 0 Å². The number of carbonyl (C=O) groups is 1. The smallest absolute Gasteiger partial charge is 0.231 e. The monoisotopic (exact) mass is 467 g/mol. The fraction of sp³-hybridized carbons (Fsp3) is 0.652. The number of aliphatic hydroxyl groups is 1. The number of benzene rings is 1. The highest BCUT2D eigenvalue weighted by Crippen LogP contribution is 2.37. The summed E-state index contributed by atoms with van der Waals surface area (Å²) < 4.78 is 7.41. The molecular formula is C23H37NO3S2Si. The third-order valence-corrected chi connectivity index (χ3v) is 12.7. The van der Waals surface area contributed by atoms with E-state index >= 15 is 0 Å². The number of thioether (sulfide) groups is 1. The molecule has 30 heavy (non-hydrogen) atoms. The van der Waals surface area contributed by atoms with Gasteiger partial charge in [-0.3, -0.25) is 9.69 Å². The molecule has 7 heteroatoms. The Hall–Kier alpha value is -0.733. The van der Waals surface area contributed by atoms with Crippen LogP contribution in [-0.2, 0) is 15.6 Å². The maximum Gasteiger partial charge on any atom is 0.231 e. The Morgan fingerprint density at radius 3 is 2.43 bits per heavy atom. The largest absolute Gasteiger partial charge is 0.410 e. The summed E-state index contributed by atoms with van der Waals surface area (Å²) in [7, 11) is -1.83. The third kappa shape index (κ3) is 6.39. The molecule has 1 aliphatic rings. The molecule has 1 fully saturated rings. The maximum atomic E-state index is 13.1. The van der Waals surface area contributed by atoms with Crippen molar-refractivity contribution in [2.45, 2.75) is 89.8 Å². The Morgan fingerprint density at radius 1 is 1.27 bits per heavy atom. The summed E-state index contributed by atoms with van der Waals surface area (Å²) in [4.78, 5) is 14.9. The van der Waals surface area contributed by atoms with Gasteiger partial charge in [0, 0.05) is 5.75 Å². The molecule has 1 aromatic carbocycles. The summed E-state index contributed by atoms with van der Waals surface area (Å²) in [6, 6.07) is 13.2. The summed E-state index contributed by atoms with van der Waals surface area (Å²) in [6.07, 6.45) is 0.736. The first-order valence-electron chi connectivity index (χ1n) is 11.1. The van der Waals surface area contributed by atoms with Crippen molar-refractivity contribution in [2.75, 3.05) is 5.75 Å². The SMILES string of the molecule is CC[Si](CC)(CC)OC(C)(C)[C@@H]1CSC(=S)N1C(=O)C[C@@H](O)CCc1ccccc1. The molecule has 1 heterocycles. The van der Waals surface area contributed by atoms with E-state index in [1.807, 2.05) is 30.3 Å². The number of aliphatic hydroxyl groups excluding tert-OH is 1. The normalized spacial score (nSPS) is 18.7. The van der Waals surface area contributed by atoms with E-state index in [1.54, 1.807) is 16.7 Å². The van der Waals surface area contributed by atoms with E-state index in [0.29, 0.717) is 10.7 Å². The number of aryl methyl sites for hydroxylation is 1. The van der Waals surface area contributed by atoms with Crippen molar-refractivity contribution in [2.24, 2.45) is 0 Å². The van der Waals surface area contributed by atoms with Gasteiger partial charge >= 0.3 is 0 Å². The van der Waals surface area contributed by atoms with Gasteiger partial charge < -0.3 is 9.53 Å². The van der Waals surface area contributed by atoms with Crippen LogP contribution >= 0.6 is 24.0 Å². The Kier molecular flexibility index (Phi) is 9.55. The van der Waals surface area contributed by atoms with Crippen LogP contribution in [0.15, 0.2) is 30.3 Å². The molecule has 0 spiro atoms. The quantitative estimate of drug-likeness (QED) is 0.349. The predicted molar refractivity (Wildman–Crippen MR) is 133 cm³/mol. The van der Waals surface area contributed by atoms with Gasteiger partial charge in [0.25, 0.3) is 0 Å². The zero-order valence-electron chi connectivity index (χ0n) is 19.0. The van der Waals surface area contributed by atoms with Crippen molar-refractivity contribution in [1.29, 1.82) is 0 Å². The summed E-state index contributed by atoms with van der Waals surface area (Å²) in [6.45, 7) is 10.8. The Balaban J connectivity index is 2.04. The van der Waals surface area contributed by atoms with E-state index in [9.17, 15) is 9.90 Å².